The summed E-state index contributed by atoms with van der Waals surface area (Å²) >= 11 is 0. The Balaban J connectivity index is 0.000000561. The number of rotatable bonds is 2. The second kappa shape index (κ2) is 5.35. The third-order valence-electron chi connectivity index (χ3n) is 1.18. The minimum atomic E-state index is -0.542. The van der Waals surface area contributed by atoms with Crippen molar-refractivity contribution in [1.29, 1.82) is 0 Å². The highest BCUT2D eigenvalue weighted by molar-refractivity contribution is 5.17. The van der Waals surface area contributed by atoms with Gasteiger partial charge in [0.2, 0.25) is 0 Å². The van der Waals surface area contributed by atoms with Crippen molar-refractivity contribution in [3.8, 4) is 0 Å². The Bertz CT molecular complexity index is 242. The summed E-state index contributed by atoms with van der Waals surface area (Å²) in [5, 5.41) is 10.0. The van der Waals surface area contributed by atoms with Gasteiger partial charge in [-0.3, -0.25) is 10.1 Å². The Morgan fingerprint density at radius 2 is 2.08 bits per heavy atom. The molecular weight excluding hydrogens is 158 g/mol. The highest BCUT2D eigenvalue weighted by atomic mass is 16.6. The molecule has 12 heavy (non-hydrogen) atoms. The molecule has 0 fully saturated rings. The van der Waals surface area contributed by atoms with E-state index < -0.39 is 4.92 Å². The number of hydrogen-bond acceptors (Lipinski definition) is 3. The molecule has 0 aromatic carbocycles. The van der Waals surface area contributed by atoms with E-state index >= 15 is 0 Å². The van der Waals surface area contributed by atoms with Crippen LogP contribution in [-0.4, -0.2) is 4.92 Å². The molecule has 0 amide bonds. The maximum atomic E-state index is 10.0. The quantitative estimate of drug-likeness (QED) is 0.507. The number of nitro groups is 1. The zero-order valence-electron chi connectivity index (χ0n) is 7.53. The monoisotopic (exact) mass is 171 g/mol. The van der Waals surface area contributed by atoms with Crippen molar-refractivity contribution in [3.05, 3.63) is 28.0 Å². The van der Waals surface area contributed by atoms with Crippen LogP contribution in [0.1, 0.15) is 26.5 Å². The van der Waals surface area contributed by atoms with E-state index in [9.17, 15) is 10.1 Å². The van der Waals surface area contributed by atoms with E-state index in [1.165, 1.54) is 6.07 Å². The molecule has 0 radical (unpaired) electrons. The molecular formula is C8H13NO3. The lowest BCUT2D eigenvalue weighted by Crippen LogP contribution is -1.82. The number of nitrogens with zero attached hydrogens (tertiary/aromatic N) is 1. The first-order valence-corrected chi connectivity index (χ1v) is 3.97. The van der Waals surface area contributed by atoms with Gasteiger partial charge in [-0.1, -0.05) is 20.8 Å². The summed E-state index contributed by atoms with van der Waals surface area (Å²) in [6.07, 6.45) is 0.688. The molecule has 0 aliphatic carbocycles. The Hall–Kier alpha value is -1.32. The van der Waals surface area contributed by atoms with E-state index in [2.05, 4.69) is 0 Å². The molecule has 0 aliphatic rings. The van der Waals surface area contributed by atoms with Gasteiger partial charge in [0, 0.05) is 6.42 Å². The molecule has 4 heteroatoms. The molecule has 0 unspecified atom stereocenters. The molecule has 0 spiro atoms. The van der Waals surface area contributed by atoms with E-state index in [0.29, 0.717) is 12.2 Å². The normalized spacial score (nSPS) is 8.58. The number of furan rings is 1. The lowest BCUT2D eigenvalue weighted by molar-refractivity contribution is -0.402. The Morgan fingerprint density at radius 1 is 1.50 bits per heavy atom. The van der Waals surface area contributed by atoms with E-state index in [0.717, 1.165) is 0 Å². The smallest absolute Gasteiger partial charge is 0.406 e. The Morgan fingerprint density at radius 3 is 2.33 bits per heavy atom. The van der Waals surface area contributed by atoms with E-state index in [1.54, 1.807) is 6.07 Å². The lowest BCUT2D eigenvalue weighted by Gasteiger charge is -1.83. The standard InChI is InChI=1S/C6H7NO3.C2H6/c1-2-5-3-4-6(10-5)7(8)9;1-2/h3-4H,2H2,1H3;1-2H3. The molecule has 0 saturated heterocycles. The van der Waals surface area contributed by atoms with Crippen LogP contribution in [0.15, 0.2) is 16.5 Å². The summed E-state index contributed by atoms with van der Waals surface area (Å²) in [6.45, 7) is 5.88. The van der Waals surface area contributed by atoms with Crippen molar-refractivity contribution in [2.75, 3.05) is 0 Å². The molecule has 0 aliphatic heterocycles. The van der Waals surface area contributed by atoms with Gasteiger partial charge >= 0.3 is 5.88 Å². The van der Waals surface area contributed by atoms with E-state index in [1.807, 2.05) is 20.8 Å². The van der Waals surface area contributed by atoms with Gasteiger partial charge in [-0.15, -0.1) is 0 Å². The highest BCUT2D eigenvalue weighted by Gasteiger charge is 2.09. The fourth-order valence-electron chi connectivity index (χ4n) is 0.655. The van der Waals surface area contributed by atoms with Crippen LogP contribution in [0.5, 0.6) is 0 Å². The highest BCUT2D eigenvalue weighted by Crippen LogP contribution is 2.15. The molecule has 1 rings (SSSR count). The van der Waals surface area contributed by atoms with Crippen LogP contribution in [-0.2, 0) is 6.42 Å². The summed E-state index contributed by atoms with van der Waals surface area (Å²) in [5.41, 5.74) is 0. The summed E-state index contributed by atoms with van der Waals surface area (Å²) in [5.74, 6) is 0.462. The summed E-state index contributed by atoms with van der Waals surface area (Å²) < 4.78 is 4.80. The third kappa shape index (κ3) is 2.74. The van der Waals surface area contributed by atoms with Crippen molar-refractivity contribution in [1.82, 2.24) is 0 Å². The predicted molar refractivity (Wildman–Crippen MR) is 46.1 cm³/mol. The fraction of sp³-hybridized carbons (Fsp3) is 0.500. The SMILES string of the molecule is CC.CCc1ccc([N+](=O)[O-])o1. The molecule has 68 valence electrons. The van der Waals surface area contributed by atoms with Crippen LogP contribution in [0, 0.1) is 10.1 Å². The van der Waals surface area contributed by atoms with Crippen LogP contribution in [0.3, 0.4) is 0 Å². The predicted octanol–water partition coefficient (Wildman–Crippen LogP) is 2.78. The van der Waals surface area contributed by atoms with Gasteiger partial charge in [-0.2, -0.15) is 0 Å². The first kappa shape index (κ1) is 10.7. The first-order valence-electron chi connectivity index (χ1n) is 3.97. The van der Waals surface area contributed by atoms with Gasteiger partial charge in [-0.05, 0) is 6.07 Å². The first-order chi connectivity index (χ1) is 5.74. The average molecular weight is 171 g/mol. The molecule has 0 bridgehead atoms. The molecule has 4 nitrogen and oxygen atoms in total. The zero-order valence-corrected chi connectivity index (χ0v) is 7.53. The maximum absolute atomic E-state index is 10.0. The van der Waals surface area contributed by atoms with Crippen molar-refractivity contribution in [2.45, 2.75) is 27.2 Å². The molecule has 1 aromatic heterocycles. The zero-order chi connectivity index (χ0) is 9.56. The third-order valence-corrected chi connectivity index (χ3v) is 1.18. The van der Waals surface area contributed by atoms with Crippen LogP contribution >= 0.6 is 0 Å². The number of aryl methyl sites for hydroxylation is 1. The van der Waals surface area contributed by atoms with Crippen LogP contribution in [0.25, 0.3) is 0 Å². The van der Waals surface area contributed by atoms with E-state index in [-0.39, 0.29) is 5.88 Å². The topological polar surface area (TPSA) is 56.3 Å². The Kier molecular flexibility index (Phi) is 4.76. The lowest BCUT2D eigenvalue weighted by atomic mass is 10.4. The average Bonchev–Trinajstić information content (AvgIpc) is 2.55. The van der Waals surface area contributed by atoms with Gasteiger partial charge in [-0.25, -0.2) is 0 Å². The van der Waals surface area contributed by atoms with Crippen LogP contribution in [0.2, 0.25) is 0 Å². The Labute approximate surface area is 71.3 Å². The van der Waals surface area contributed by atoms with Crippen LogP contribution < -0.4 is 0 Å². The van der Waals surface area contributed by atoms with Crippen molar-refractivity contribution in [3.63, 3.8) is 0 Å². The molecule has 0 atom stereocenters. The summed E-state index contributed by atoms with van der Waals surface area (Å²) in [7, 11) is 0. The van der Waals surface area contributed by atoms with Crippen LogP contribution in [0.4, 0.5) is 5.88 Å². The second-order valence-corrected chi connectivity index (χ2v) is 1.85. The van der Waals surface area contributed by atoms with Crippen molar-refractivity contribution < 1.29 is 9.34 Å². The van der Waals surface area contributed by atoms with Gasteiger partial charge in [0.15, 0.2) is 0 Å². The summed E-state index contributed by atoms with van der Waals surface area (Å²) in [6, 6.07) is 2.97. The minimum absolute atomic E-state index is 0.183. The van der Waals surface area contributed by atoms with Gasteiger partial charge in [0.05, 0.1) is 6.07 Å². The van der Waals surface area contributed by atoms with Crippen molar-refractivity contribution in [2.24, 2.45) is 0 Å². The van der Waals surface area contributed by atoms with E-state index in [4.69, 9.17) is 4.42 Å². The fourth-order valence-corrected chi connectivity index (χ4v) is 0.655. The number of hydrogen-bond donors (Lipinski definition) is 0. The molecule has 1 heterocycles. The maximum Gasteiger partial charge on any atom is 0.433 e. The largest absolute Gasteiger partial charge is 0.433 e. The van der Waals surface area contributed by atoms with Gasteiger partial charge in [0.1, 0.15) is 10.7 Å². The summed E-state index contributed by atoms with van der Waals surface area (Å²) in [4.78, 5) is 9.50. The molecule has 1 aromatic rings. The van der Waals surface area contributed by atoms with Gasteiger partial charge < -0.3 is 4.42 Å². The molecule has 0 saturated carbocycles. The van der Waals surface area contributed by atoms with Crippen molar-refractivity contribution >= 4 is 5.88 Å². The second-order valence-electron chi connectivity index (χ2n) is 1.85. The minimum Gasteiger partial charge on any atom is -0.406 e. The molecule has 0 N–H and O–H groups in total. The van der Waals surface area contributed by atoms with Gasteiger partial charge in [0.25, 0.3) is 0 Å².